The summed E-state index contributed by atoms with van der Waals surface area (Å²) in [6.07, 6.45) is 6.67. The fourth-order valence-corrected chi connectivity index (χ4v) is 2.44. The summed E-state index contributed by atoms with van der Waals surface area (Å²) in [5, 5.41) is 9.93. The van der Waals surface area contributed by atoms with Crippen LogP contribution >= 0.6 is 11.3 Å². The molecule has 0 bridgehead atoms. The molecule has 0 aliphatic carbocycles. The largest absolute Gasteiger partial charge is 0.384 e. The number of rotatable bonds is 7. The van der Waals surface area contributed by atoms with E-state index < -0.39 is 0 Å². The fourth-order valence-electron chi connectivity index (χ4n) is 1.74. The lowest BCUT2D eigenvalue weighted by Crippen LogP contribution is -2.10. The van der Waals surface area contributed by atoms with Gasteiger partial charge in [0.05, 0.1) is 28.8 Å². The first kappa shape index (κ1) is 13.8. The summed E-state index contributed by atoms with van der Waals surface area (Å²) in [5.74, 6) is 0.409. The van der Waals surface area contributed by atoms with Crippen molar-refractivity contribution in [3.05, 3.63) is 35.0 Å². The second-order valence-corrected chi connectivity index (χ2v) is 5.47. The molecule has 0 aliphatic rings. The Bertz CT molecular complexity index is 484. The molecule has 5 heteroatoms. The Morgan fingerprint density at radius 1 is 1.26 bits per heavy atom. The van der Waals surface area contributed by atoms with Crippen molar-refractivity contribution in [1.82, 2.24) is 9.97 Å². The summed E-state index contributed by atoms with van der Waals surface area (Å²) in [6.45, 7) is 6.17. The highest BCUT2D eigenvalue weighted by Crippen LogP contribution is 2.19. The topological polar surface area (TPSA) is 49.8 Å². The minimum Gasteiger partial charge on any atom is -0.384 e. The minimum atomic E-state index is 0.409. The first-order chi connectivity index (χ1) is 9.29. The maximum Gasteiger partial charge on any atom is 0.0970 e. The van der Waals surface area contributed by atoms with Gasteiger partial charge in [-0.25, -0.2) is 4.98 Å². The summed E-state index contributed by atoms with van der Waals surface area (Å²) in [7, 11) is 0. The average Bonchev–Trinajstić information content (AvgIpc) is 2.97. The SMILES string of the molecule is CCCNc1cncc(NCC(C)c2nccs2)c1. The van der Waals surface area contributed by atoms with Gasteiger partial charge in [-0.2, -0.15) is 0 Å². The predicted octanol–water partition coefficient (Wildman–Crippen LogP) is 3.58. The van der Waals surface area contributed by atoms with Crippen molar-refractivity contribution < 1.29 is 0 Å². The second-order valence-electron chi connectivity index (χ2n) is 4.54. The van der Waals surface area contributed by atoms with Gasteiger partial charge in [0.25, 0.3) is 0 Å². The smallest absolute Gasteiger partial charge is 0.0970 e. The number of thiazole rings is 1. The molecule has 102 valence electrons. The van der Waals surface area contributed by atoms with Gasteiger partial charge < -0.3 is 10.6 Å². The Balaban J connectivity index is 1.88. The van der Waals surface area contributed by atoms with Gasteiger partial charge in [-0.1, -0.05) is 13.8 Å². The van der Waals surface area contributed by atoms with Gasteiger partial charge in [0.2, 0.25) is 0 Å². The van der Waals surface area contributed by atoms with Crippen LogP contribution < -0.4 is 10.6 Å². The molecule has 2 N–H and O–H groups in total. The standard InChI is InChI=1S/C14H20N4S/c1-3-4-16-12-7-13(10-15-9-12)18-8-11(2)14-17-5-6-19-14/h5-7,9-11,16,18H,3-4,8H2,1-2H3. The van der Waals surface area contributed by atoms with E-state index in [2.05, 4.69) is 40.5 Å². The van der Waals surface area contributed by atoms with Gasteiger partial charge in [-0.05, 0) is 12.5 Å². The van der Waals surface area contributed by atoms with Crippen molar-refractivity contribution in [3.8, 4) is 0 Å². The van der Waals surface area contributed by atoms with Crippen molar-refractivity contribution in [1.29, 1.82) is 0 Å². The molecule has 0 radical (unpaired) electrons. The van der Waals surface area contributed by atoms with E-state index in [1.54, 1.807) is 11.3 Å². The van der Waals surface area contributed by atoms with Crippen molar-refractivity contribution in [2.45, 2.75) is 26.2 Å². The molecule has 0 saturated heterocycles. The highest BCUT2D eigenvalue weighted by atomic mass is 32.1. The van der Waals surface area contributed by atoms with Gasteiger partial charge in [-0.3, -0.25) is 4.98 Å². The zero-order valence-electron chi connectivity index (χ0n) is 11.4. The molecule has 19 heavy (non-hydrogen) atoms. The van der Waals surface area contributed by atoms with E-state index in [0.29, 0.717) is 5.92 Å². The number of nitrogens with one attached hydrogen (secondary N) is 2. The average molecular weight is 276 g/mol. The number of hydrogen-bond donors (Lipinski definition) is 2. The van der Waals surface area contributed by atoms with Crippen LogP contribution in [0.15, 0.2) is 30.0 Å². The highest BCUT2D eigenvalue weighted by molar-refractivity contribution is 7.09. The second kappa shape index (κ2) is 7.09. The van der Waals surface area contributed by atoms with Crippen molar-refractivity contribution in [3.63, 3.8) is 0 Å². The highest BCUT2D eigenvalue weighted by Gasteiger charge is 2.07. The number of pyridine rings is 1. The molecule has 4 nitrogen and oxygen atoms in total. The Morgan fingerprint density at radius 2 is 2.05 bits per heavy atom. The predicted molar refractivity (Wildman–Crippen MR) is 82.0 cm³/mol. The summed E-state index contributed by atoms with van der Waals surface area (Å²) in [5.41, 5.74) is 2.11. The Labute approximate surface area is 118 Å². The molecule has 0 aromatic carbocycles. The number of hydrogen-bond acceptors (Lipinski definition) is 5. The van der Waals surface area contributed by atoms with Crippen LogP contribution in [0.2, 0.25) is 0 Å². The molecule has 0 amide bonds. The van der Waals surface area contributed by atoms with Crippen LogP contribution in [0.5, 0.6) is 0 Å². The Hall–Kier alpha value is -1.62. The van der Waals surface area contributed by atoms with E-state index >= 15 is 0 Å². The van der Waals surface area contributed by atoms with Crippen LogP contribution in [0.25, 0.3) is 0 Å². The van der Waals surface area contributed by atoms with Gasteiger partial charge in [-0.15, -0.1) is 11.3 Å². The van der Waals surface area contributed by atoms with Crippen LogP contribution in [0.4, 0.5) is 11.4 Å². The first-order valence-corrected chi connectivity index (χ1v) is 7.49. The molecule has 2 aromatic heterocycles. The third-order valence-corrected chi connectivity index (χ3v) is 3.81. The summed E-state index contributed by atoms with van der Waals surface area (Å²) >= 11 is 1.70. The molecule has 0 aliphatic heterocycles. The lowest BCUT2D eigenvalue weighted by molar-refractivity contribution is 0.794. The lowest BCUT2D eigenvalue weighted by Gasteiger charge is -2.12. The third-order valence-electron chi connectivity index (χ3n) is 2.80. The van der Waals surface area contributed by atoms with Gasteiger partial charge in [0.1, 0.15) is 0 Å². The minimum absolute atomic E-state index is 0.409. The first-order valence-electron chi connectivity index (χ1n) is 6.61. The molecule has 1 unspecified atom stereocenters. The molecule has 2 heterocycles. The summed E-state index contributed by atoms with van der Waals surface area (Å²) < 4.78 is 0. The van der Waals surface area contributed by atoms with Crippen LogP contribution in [-0.2, 0) is 0 Å². The van der Waals surface area contributed by atoms with E-state index in [9.17, 15) is 0 Å². The van der Waals surface area contributed by atoms with Crippen LogP contribution in [0.3, 0.4) is 0 Å². The molecule has 0 fully saturated rings. The van der Waals surface area contributed by atoms with Gasteiger partial charge in [0.15, 0.2) is 0 Å². The zero-order valence-corrected chi connectivity index (χ0v) is 12.2. The summed E-state index contributed by atoms with van der Waals surface area (Å²) in [6, 6.07) is 2.09. The van der Waals surface area contributed by atoms with Crippen LogP contribution in [0, 0.1) is 0 Å². The van der Waals surface area contributed by atoms with E-state index in [1.165, 1.54) is 5.01 Å². The molecular formula is C14H20N4S. The van der Waals surface area contributed by atoms with E-state index in [1.807, 2.05) is 24.0 Å². The quantitative estimate of drug-likeness (QED) is 0.811. The fraction of sp³-hybridized carbons (Fsp3) is 0.429. The van der Waals surface area contributed by atoms with Crippen molar-refractivity contribution >= 4 is 22.7 Å². The maximum absolute atomic E-state index is 4.34. The van der Waals surface area contributed by atoms with Crippen molar-refractivity contribution in [2.75, 3.05) is 23.7 Å². The third kappa shape index (κ3) is 4.21. The van der Waals surface area contributed by atoms with E-state index in [0.717, 1.165) is 30.9 Å². The molecule has 1 atom stereocenters. The Kier molecular flexibility index (Phi) is 5.15. The molecule has 2 aromatic rings. The summed E-state index contributed by atoms with van der Waals surface area (Å²) in [4.78, 5) is 8.58. The van der Waals surface area contributed by atoms with Gasteiger partial charge in [0, 0.05) is 30.6 Å². The zero-order chi connectivity index (χ0) is 13.5. The van der Waals surface area contributed by atoms with Crippen molar-refractivity contribution in [2.24, 2.45) is 0 Å². The molecular weight excluding hydrogens is 256 g/mol. The monoisotopic (exact) mass is 276 g/mol. The van der Waals surface area contributed by atoms with Crippen LogP contribution in [-0.4, -0.2) is 23.1 Å². The lowest BCUT2D eigenvalue weighted by atomic mass is 10.2. The normalized spacial score (nSPS) is 12.1. The van der Waals surface area contributed by atoms with Crippen LogP contribution in [0.1, 0.15) is 31.2 Å². The number of anilines is 2. The number of aromatic nitrogens is 2. The van der Waals surface area contributed by atoms with Gasteiger partial charge >= 0.3 is 0 Å². The van der Waals surface area contributed by atoms with E-state index in [4.69, 9.17) is 0 Å². The number of nitrogens with zero attached hydrogens (tertiary/aromatic N) is 2. The molecule has 0 spiro atoms. The molecule has 2 rings (SSSR count). The maximum atomic E-state index is 4.34. The Morgan fingerprint density at radius 3 is 2.74 bits per heavy atom. The molecule has 0 saturated carbocycles. The van der Waals surface area contributed by atoms with E-state index in [-0.39, 0.29) is 0 Å².